The summed E-state index contributed by atoms with van der Waals surface area (Å²) in [7, 11) is 0. The third-order valence-electron chi connectivity index (χ3n) is 10.4. The first-order chi connectivity index (χ1) is 32.6. The molecule has 0 atom stereocenters. The SMILES string of the molecule is CC(=O)C(=C(C)O)C1=C(C=CC(=N)c2cccc3cccc(C)c23)CC/C1=C\C=C(/C)c1cccc2cccc(N)c12.CC(N)=O.CCC.CCC.CCc1ccccc1.NCc1ccccc1. The number of benzene rings is 6. The number of aliphatic hydroxyl groups is 1. The van der Waals surface area contributed by atoms with Gasteiger partial charge >= 0.3 is 0 Å². The molecule has 0 unspecified atom stereocenters. The highest BCUT2D eigenvalue weighted by Crippen LogP contribution is 2.39. The van der Waals surface area contributed by atoms with Crippen molar-refractivity contribution < 1.29 is 14.7 Å². The van der Waals surface area contributed by atoms with Crippen molar-refractivity contribution in [2.75, 3.05) is 5.73 Å². The first-order valence-electron chi connectivity index (χ1n) is 23.7. The highest BCUT2D eigenvalue weighted by molar-refractivity contribution is 6.15. The van der Waals surface area contributed by atoms with E-state index >= 15 is 0 Å². The number of amides is 1. The Bertz CT molecular complexity index is 2650. The van der Waals surface area contributed by atoms with Gasteiger partial charge in [0.15, 0.2) is 5.78 Å². The van der Waals surface area contributed by atoms with Gasteiger partial charge < -0.3 is 27.7 Å². The fraction of sp³-hybridized carbons (Fsp3) is 0.262. The minimum absolute atomic E-state index is 0.00140. The number of nitrogens with one attached hydrogen (secondary N) is 1. The van der Waals surface area contributed by atoms with Crippen LogP contribution in [0.25, 0.3) is 27.1 Å². The number of carbonyl (C=O) groups is 2. The summed E-state index contributed by atoms with van der Waals surface area (Å²) in [4.78, 5) is 22.0. The second kappa shape index (κ2) is 31.0. The van der Waals surface area contributed by atoms with Gasteiger partial charge in [0.05, 0.1) is 11.3 Å². The third kappa shape index (κ3) is 18.3. The van der Waals surface area contributed by atoms with Crippen LogP contribution in [0.1, 0.15) is 116 Å². The van der Waals surface area contributed by atoms with Crippen molar-refractivity contribution in [3.8, 4) is 0 Å². The molecule has 0 saturated heterocycles. The number of aryl methyl sites for hydroxylation is 2. The number of carbonyl (C=O) groups excluding carboxylic acids is 2. The van der Waals surface area contributed by atoms with Crippen LogP contribution in [0.2, 0.25) is 0 Å². The van der Waals surface area contributed by atoms with Gasteiger partial charge in [-0.15, -0.1) is 0 Å². The van der Waals surface area contributed by atoms with E-state index in [2.05, 4.69) is 127 Å². The average Bonchev–Trinajstić information content (AvgIpc) is 3.72. The average molecular weight is 913 g/mol. The van der Waals surface area contributed by atoms with Crippen LogP contribution >= 0.6 is 0 Å². The summed E-state index contributed by atoms with van der Waals surface area (Å²) in [5, 5.41) is 23.8. The topological polar surface area (TPSA) is 156 Å². The van der Waals surface area contributed by atoms with Crippen molar-refractivity contribution in [3.63, 3.8) is 0 Å². The number of hydrogen-bond acceptors (Lipinski definition) is 6. The molecule has 68 heavy (non-hydrogen) atoms. The Labute approximate surface area is 407 Å². The van der Waals surface area contributed by atoms with Gasteiger partial charge in [-0.05, 0) is 120 Å². The maximum atomic E-state index is 12.8. The molecular weight excluding hydrogens is 837 g/mol. The first kappa shape index (κ1) is 57.0. The lowest BCUT2D eigenvalue weighted by atomic mass is 9.92. The molecule has 7 rings (SSSR count). The third-order valence-corrected chi connectivity index (χ3v) is 10.4. The molecule has 7 heteroatoms. The molecule has 6 aromatic carbocycles. The largest absolute Gasteiger partial charge is 0.512 e. The van der Waals surface area contributed by atoms with Gasteiger partial charge in [-0.3, -0.25) is 9.59 Å². The molecule has 0 radical (unpaired) electrons. The number of nitrogens with two attached hydrogens (primary N) is 3. The normalized spacial score (nSPS) is 12.8. The van der Waals surface area contributed by atoms with E-state index in [1.807, 2.05) is 84.9 Å². The molecule has 0 spiro atoms. The minimum Gasteiger partial charge on any atom is -0.512 e. The molecule has 358 valence electrons. The van der Waals surface area contributed by atoms with E-state index < -0.39 is 0 Å². The molecule has 1 aliphatic rings. The first-order valence-corrected chi connectivity index (χ1v) is 23.7. The minimum atomic E-state index is -0.333. The van der Waals surface area contributed by atoms with Gasteiger partial charge in [-0.2, -0.15) is 0 Å². The fourth-order valence-corrected chi connectivity index (χ4v) is 7.36. The standard InChI is InChI=1S/C38H36N2O2.C8H10.C7H9N.2C3H8.C2H5NO/c1-23(31-14-6-12-28-13-8-16-34(40)38(28)31)17-18-29-19-20-30(37(29)36(25(3)41)26(4)42)21-22-33(39)32-15-7-11-27-10-5-9-24(2)35(27)32;1-2-8-6-4-3-5-7-8;8-6-7-4-2-1-3-5-7;2*1-3-2;1-2(3)4/h5-18,21-22,39,41H,19-20,40H2,1-4H3;3-7H,2H2,1H3;1-5H,6,8H2;2*3H2,1-2H3;1H3,(H2,3,4)/b22-21?,23-17+,29-18+,36-25?,39-33?;;;;;. The number of aliphatic hydroxyl groups excluding tert-OH is 1. The molecule has 6 aromatic rings. The predicted molar refractivity (Wildman–Crippen MR) is 294 cm³/mol. The zero-order valence-corrected chi connectivity index (χ0v) is 42.2. The number of fused-ring (bicyclic) bond motifs is 2. The molecule has 8 N–H and O–H groups in total. The van der Waals surface area contributed by atoms with E-state index in [1.54, 1.807) is 6.92 Å². The van der Waals surface area contributed by atoms with Gasteiger partial charge in [0.2, 0.25) is 5.91 Å². The van der Waals surface area contributed by atoms with Crippen molar-refractivity contribution in [2.24, 2.45) is 11.5 Å². The summed E-state index contributed by atoms with van der Waals surface area (Å²) in [6.07, 6.45) is 12.9. The van der Waals surface area contributed by atoms with Crippen LogP contribution in [0.15, 0.2) is 186 Å². The zero-order valence-electron chi connectivity index (χ0n) is 42.2. The Kier molecular flexibility index (Phi) is 26.0. The highest BCUT2D eigenvalue weighted by Gasteiger charge is 2.25. The molecular formula is C61H76N4O3. The van der Waals surface area contributed by atoms with E-state index in [-0.39, 0.29) is 17.4 Å². The molecule has 0 bridgehead atoms. The summed E-state index contributed by atoms with van der Waals surface area (Å²) in [5.74, 6) is -0.524. The van der Waals surface area contributed by atoms with Crippen molar-refractivity contribution in [2.45, 2.75) is 108 Å². The maximum absolute atomic E-state index is 12.8. The van der Waals surface area contributed by atoms with Gasteiger partial charge in [0.25, 0.3) is 0 Å². The van der Waals surface area contributed by atoms with Crippen LogP contribution in [-0.2, 0) is 22.6 Å². The van der Waals surface area contributed by atoms with Crippen LogP contribution in [0.5, 0.6) is 0 Å². The Hall–Kier alpha value is -7.09. The summed E-state index contributed by atoms with van der Waals surface area (Å²) in [5.41, 5.74) is 27.0. The number of Topliss-reactive ketones (excluding diaryl/α,β-unsaturated/α-hetero) is 1. The van der Waals surface area contributed by atoms with E-state index in [1.165, 1.54) is 37.8 Å². The van der Waals surface area contributed by atoms with Crippen molar-refractivity contribution >= 4 is 50.2 Å². The Morgan fingerprint density at radius 1 is 0.662 bits per heavy atom. The molecule has 1 aliphatic carbocycles. The Balaban J connectivity index is 0.000000493. The molecule has 1 amide bonds. The molecule has 0 aromatic heterocycles. The summed E-state index contributed by atoms with van der Waals surface area (Å²) < 4.78 is 0. The maximum Gasteiger partial charge on any atom is 0.214 e. The van der Waals surface area contributed by atoms with E-state index in [9.17, 15) is 14.7 Å². The van der Waals surface area contributed by atoms with Crippen molar-refractivity contribution in [3.05, 3.63) is 214 Å². The van der Waals surface area contributed by atoms with Crippen LogP contribution < -0.4 is 17.2 Å². The number of anilines is 1. The van der Waals surface area contributed by atoms with Gasteiger partial charge in [-0.25, -0.2) is 0 Å². The molecule has 0 saturated carbocycles. The highest BCUT2D eigenvalue weighted by atomic mass is 16.3. The molecule has 0 fully saturated rings. The number of nitrogen functional groups attached to an aromatic ring is 1. The summed E-state index contributed by atoms with van der Waals surface area (Å²) >= 11 is 0. The zero-order chi connectivity index (χ0) is 50.6. The molecule has 0 aliphatic heterocycles. The number of primary amides is 1. The second-order valence-electron chi connectivity index (χ2n) is 16.5. The number of allylic oxidation sites excluding steroid dienone is 10. The van der Waals surface area contributed by atoms with Crippen LogP contribution in [0, 0.1) is 12.3 Å². The van der Waals surface area contributed by atoms with Gasteiger partial charge in [-0.1, -0.05) is 193 Å². The van der Waals surface area contributed by atoms with Crippen LogP contribution in [-0.4, -0.2) is 22.5 Å². The smallest absolute Gasteiger partial charge is 0.214 e. The van der Waals surface area contributed by atoms with Crippen molar-refractivity contribution in [1.29, 1.82) is 5.41 Å². The van der Waals surface area contributed by atoms with E-state index in [4.69, 9.17) is 16.9 Å². The lowest BCUT2D eigenvalue weighted by Gasteiger charge is -2.12. The van der Waals surface area contributed by atoms with E-state index in [0.717, 1.165) is 79.1 Å². The number of rotatable bonds is 9. The predicted octanol–water partition coefficient (Wildman–Crippen LogP) is 15.1. The lowest BCUT2D eigenvalue weighted by Crippen LogP contribution is -2.05. The fourth-order valence-electron chi connectivity index (χ4n) is 7.36. The number of hydrogen-bond donors (Lipinski definition) is 5. The molecule has 7 nitrogen and oxygen atoms in total. The van der Waals surface area contributed by atoms with E-state index in [0.29, 0.717) is 24.3 Å². The lowest BCUT2D eigenvalue weighted by molar-refractivity contribution is -0.116. The second-order valence-corrected chi connectivity index (χ2v) is 16.5. The van der Waals surface area contributed by atoms with Gasteiger partial charge in [0.1, 0.15) is 5.76 Å². The van der Waals surface area contributed by atoms with Crippen LogP contribution in [0.3, 0.4) is 0 Å². The Morgan fingerprint density at radius 3 is 1.62 bits per heavy atom. The number of ketones is 1. The Morgan fingerprint density at radius 2 is 1.15 bits per heavy atom. The van der Waals surface area contributed by atoms with Crippen LogP contribution in [0.4, 0.5) is 5.69 Å². The summed E-state index contributed by atoms with van der Waals surface area (Å²) in [6.45, 7) is 19.8. The van der Waals surface area contributed by atoms with Crippen molar-refractivity contribution in [1.82, 2.24) is 0 Å². The van der Waals surface area contributed by atoms with Gasteiger partial charge in [0, 0.05) is 30.1 Å². The monoisotopic (exact) mass is 913 g/mol. The molecule has 0 heterocycles. The summed E-state index contributed by atoms with van der Waals surface area (Å²) in [6, 6.07) is 44.7. The quantitative estimate of drug-likeness (QED) is 0.0422.